The molecule has 0 spiro atoms. The van der Waals surface area contributed by atoms with E-state index in [2.05, 4.69) is 15.0 Å². The number of imidazole rings is 1. The Morgan fingerprint density at radius 3 is 2.60 bits per heavy atom. The lowest BCUT2D eigenvalue weighted by Gasteiger charge is -2.02. The third kappa shape index (κ3) is 1.76. The van der Waals surface area contributed by atoms with Crippen molar-refractivity contribution < 1.29 is 9.47 Å². The van der Waals surface area contributed by atoms with E-state index < -0.39 is 0 Å². The minimum Gasteiger partial charge on any atom is -0.481 e. The highest BCUT2D eigenvalue weighted by atomic mass is 16.5. The molecule has 78 valence electrons. The summed E-state index contributed by atoms with van der Waals surface area (Å²) < 4.78 is 10.1. The summed E-state index contributed by atoms with van der Waals surface area (Å²) in [5, 5.41) is 0. The van der Waals surface area contributed by atoms with Gasteiger partial charge in [-0.1, -0.05) is 0 Å². The van der Waals surface area contributed by atoms with Gasteiger partial charge in [-0.25, -0.2) is 9.97 Å². The van der Waals surface area contributed by atoms with Crippen LogP contribution in [0.15, 0.2) is 24.7 Å². The van der Waals surface area contributed by atoms with Gasteiger partial charge in [0.15, 0.2) is 0 Å². The highest BCUT2D eigenvalue weighted by molar-refractivity contribution is 5.63. The van der Waals surface area contributed by atoms with E-state index in [1.54, 1.807) is 32.8 Å². The molecule has 2 aromatic heterocycles. The quantitative estimate of drug-likeness (QED) is 0.824. The second kappa shape index (κ2) is 4.00. The third-order valence-corrected chi connectivity index (χ3v) is 2.03. The molecule has 0 unspecified atom stereocenters. The van der Waals surface area contributed by atoms with Crippen molar-refractivity contribution in [3.05, 3.63) is 24.7 Å². The van der Waals surface area contributed by atoms with E-state index in [0.717, 1.165) is 11.3 Å². The first kappa shape index (κ1) is 9.51. The van der Waals surface area contributed by atoms with Crippen LogP contribution in [0.2, 0.25) is 0 Å². The van der Waals surface area contributed by atoms with Gasteiger partial charge in [0, 0.05) is 17.8 Å². The molecule has 0 saturated heterocycles. The molecule has 2 aromatic rings. The predicted octanol–water partition coefficient (Wildman–Crippen LogP) is 1.49. The van der Waals surface area contributed by atoms with E-state index in [-0.39, 0.29) is 0 Å². The summed E-state index contributed by atoms with van der Waals surface area (Å²) in [7, 11) is 3.16. The summed E-state index contributed by atoms with van der Waals surface area (Å²) in [4.78, 5) is 11.1. The SMILES string of the molecule is COc1ccc(-c2[nH]cnc2OC)cn1. The zero-order valence-corrected chi connectivity index (χ0v) is 8.52. The zero-order valence-electron chi connectivity index (χ0n) is 8.52. The number of hydrogen-bond donors (Lipinski definition) is 1. The lowest BCUT2D eigenvalue weighted by atomic mass is 10.2. The molecule has 0 aliphatic rings. The maximum atomic E-state index is 5.09. The Balaban J connectivity index is 2.37. The molecule has 0 atom stereocenters. The summed E-state index contributed by atoms with van der Waals surface area (Å²) >= 11 is 0. The van der Waals surface area contributed by atoms with Crippen LogP contribution in [0.3, 0.4) is 0 Å². The molecular weight excluding hydrogens is 194 g/mol. The van der Waals surface area contributed by atoms with Crippen molar-refractivity contribution in [1.82, 2.24) is 15.0 Å². The number of ether oxygens (including phenoxy) is 2. The van der Waals surface area contributed by atoms with Gasteiger partial charge in [0.1, 0.15) is 5.69 Å². The van der Waals surface area contributed by atoms with E-state index in [1.165, 1.54) is 0 Å². The van der Waals surface area contributed by atoms with Crippen LogP contribution in [0.5, 0.6) is 11.8 Å². The van der Waals surface area contributed by atoms with Crippen molar-refractivity contribution in [3.63, 3.8) is 0 Å². The molecule has 0 fully saturated rings. The number of pyridine rings is 1. The molecular formula is C10H11N3O2. The summed E-state index contributed by atoms with van der Waals surface area (Å²) in [6.07, 6.45) is 3.28. The zero-order chi connectivity index (χ0) is 10.7. The van der Waals surface area contributed by atoms with Gasteiger partial charge in [-0.3, -0.25) is 0 Å². The second-order valence-corrected chi connectivity index (χ2v) is 2.88. The standard InChI is InChI=1S/C10H11N3O2/c1-14-8-4-3-7(5-11-8)9-10(15-2)13-6-12-9/h3-6H,1-2H3,(H,12,13). The van der Waals surface area contributed by atoms with E-state index in [9.17, 15) is 0 Å². The Labute approximate surface area is 87.1 Å². The lowest BCUT2D eigenvalue weighted by Crippen LogP contribution is -1.89. The molecule has 1 N–H and O–H groups in total. The number of rotatable bonds is 3. The lowest BCUT2D eigenvalue weighted by molar-refractivity contribution is 0.397. The maximum absolute atomic E-state index is 5.09. The Kier molecular flexibility index (Phi) is 2.53. The van der Waals surface area contributed by atoms with Crippen LogP contribution in [-0.2, 0) is 0 Å². The third-order valence-electron chi connectivity index (χ3n) is 2.03. The summed E-state index contributed by atoms with van der Waals surface area (Å²) in [5.74, 6) is 1.14. The normalized spacial score (nSPS) is 10.0. The van der Waals surface area contributed by atoms with Crippen molar-refractivity contribution in [2.75, 3.05) is 14.2 Å². The number of aromatic amines is 1. The van der Waals surface area contributed by atoms with Gasteiger partial charge in [-0.15, -0.1) is 0 Å². The fourth-order valence-corrected chi connectivity index (χ4v) is 1.29. The Bertz CT molecular complexity index is 436. The maximum Gasteiger partial charge on any atom is 0.239 e. The minimum absolute atomic E-state index is 0.557. The van der Waals surface area contributed by atoms with Gasteiger partial charge in [-0.2, -0.15) is 0 Å². The first-order valence-electron chi connectivity index (χ1n) is 4.43. The van der Waals surface area contributed by atoms with Crippen LogP contribution in [0, 0.1) is 0 Å². The topological polar surface area (TPSA) is 60.0 Å². The molecule has 0 saturated carbocycles. The highest BCUT2D eigenvalue weighted by Crippen LogP contribution is 2.25. The van der Waals surface area contributed by atoms with E-state index in [4.69, 9.17) is 9.47 Å². The second-order valence-electron chi connectivity index (χ2n) is 2.88. The first-order chi connectivity index (χ1) is 7.35. The number of aromatic nitrogens is 3. The van der Waals surface area contributed by atoms with Gasteiger partial charge in [0.25, 0.3) is 0 Å². The number of H-pyrrole nitrogens is 1. The van der Waals surface area contributed by atoms with E-state index in [1.807, 2.05) is 6.07 Å². The Hall–Kier alpha value is -2.04. The largest absolute Gasteiger partial charge is 0.481 e. The van der Waals surface area contributed by atoms with E-state index in [0.29, 0.717) is 11.8 Å². The molecule has 2 rings (SSSR count). The van der Waals surface area contributed by atoms with Crippen molar-refractivity contribution in [3.8, 4) is 23.0 Å². The summed E-state index contributed by atoms with van der Waals surface area (Å²) in [5.41, 5.74) is 1.72. The number of methoxy groups -OCH3 is 2. The minimum atomic E-state index is 0.557. The summed E-state index contributed by atoms with van der Waals surface area (Å²) in [6.45, 7) is 0. The average molecular weight is 205 g/mol. The number of nitrogens with one attached hydrogen (secondary N) is 1. The highest BCUT2D eigenvalue weighted by Gasteiger charge is 2.08. The molecule has 15 heavy (non-hydrogen) atoms. The fraction of sp³-hybridized carbons (Fsp3) is 0.200. The number of nitrogens with zero attached hydrogens (tertiary/aromatic N) is 2. The van der Waals surface area contributed by atoms with Gasteiger partial charge in [0.2, 0.25) is 11.8 Å². The molecule has 0 amide bonds. The Morgan fingerprint density at radius 2 is 2.00 bits per heavy atom. The van der Waals surface area contributed by atoms with Crippen molar-refractivity contribution in [1.29, 1.82) is 0 Å². The molecule has 2 heterocycles. The molecule has 5 nitrogen and oxygen atoms in total. The van der Waals surface area contributed by atoms with Crippen LogP contribution < -0.4 is 9.47 Å². The molecule has 5 heteroatoms. The van der Waals surface area contributed by atoms with Crippen molar-refractivity contribution in [2.45, 2.75) is 0 Å². The van der Waals surface area contributed by atoms with Gasteiger partial charge >= 0.3 is 0 Å². The van der Waals surface area contributed by atoms with Crippen molar-refractivity contribution in [2.24, 2.45) is 0 Å². The Morgan fingerprint density at radius 1 is 1.13 bits per heavy atom. The molecule has 0 radical (unpaired) electrons. The summed E-state index contributed by atoms with van der Waals surface area (Å²) in [6, 6.07) is 3.68. The molecule has 0 aliphatic carbocycles. The van der Waals surface area contributed by atoms with Crippen LogP contribution in [0.1, 0.15) is 0 Å². The average Bonchev–Trinajstić information content (AvgIpc) is 2.77. The van der Waals surface area contributed by atoms with E-state index >= 15 is 0 Å². The van der Waals surface area contributed by atoms with Gasteiger partial charge < -0.3 is 14.5 Å². The van der Waals surface area contributed by atoms with Crippen LogP contribution in [0.25, 0.3) is 11.3 Å². The predicted molar refractivity (Wildman–Crippen MR) is 54.9 cm³/mol. The molecule has 0 aromatic carbocycles. The smallest absolute Gasteiger partial charge is 0.239 e. The van der Waals surface area contributed by atoms with Crippen LogP contribution in [-0.4, -0.2) is 29.2 Å². The molecule has 0 aliphatic heterocycles. The van der Waals surface area contributed by atoms with Gasteiger partial charge in [0.05, 0.1) is 20.5 Å². The van der Waals surface area contributed by atoms with Crippen molar-refractivity contribution >= 4 is 0 Å². The monoisotopic (exact) mass is 205 g/mol. The molecule has 0 bridgehead atoms. The fourth-order valence-electron chi connectivity index (χ4n) is 1.29. The van der Waals surface area contributed by atoms with Crippen LogP contribution in [0.4, 0.5) is 0 Å². The van der Waals surface area contributed by atoms with Gasteiger partial charge in [-0.05, 0) is 6.07 Å². The first-order valence-corrected chi connectivity index (χ1v) is 4.43. The number of hydrogen-bond acceptors (Lipinski definition) is 4. The van der Waals surface area contributed by atoms with Crippen LogP contribution >= 0.6 is 0 Å².